The minimum Gasteiger partial charge on any atom is -0.413 e. The minimum absolute atomic E-state index is 0.0299. The van der Waals surface area contributed by atoms with E-state index < -0.39 is 16.6 Å². The SMILES string of the molecule is CC[Si](CC)(CC)O[C@H]([C@H](C)[C@H](O[Si](C)(C)C(C)(C)C)[C@@H](C)NC(C)=O)[C@H](C)C=O. The van der Waals surface area contributed by atoms with Crippen molar-refractivity contribution < 1.29 is 18.4 Å². The fourth-order valence-electron chi connectivity index (χ4n) is 3.83. The molecule has 7 heteroatoms. The normalized spacial score (nSPS) is 18.3. The second-order valence-electron chi connectivity index (χ2n) is 10.5. The summed E-state index contributed by atoms with van der Waals surface area (Å²) in [7, 11) is -4.02. The Morgan fingerprint density at radius 1 is 0.967 bits per heavy atom. The summed E-state index contributed by atoms with van der Waals surface area (Å²) in [5.41, 5.74) is 0. The first-order valence-corrected chi connectivity index (χ1v) is 17.1. The second kappa shape index (κ2) is 11.9. The smallest absolute Gasteiger partial charge is 0.217 e. The van der Waals surface area contributed by atoms with Gasteiger partial charge in [-0.05, 0) is 43.2 Å². The fourth-order valence-corrected chi connectivity index (χ4v) is 8.29. The number of hydrogen-bond donors (Lipinski definition) is 1. The van der Waals surface area contributed by atoms with E-state index in [9.17, 15) is 9.59 Å². The Labute approximate surface area is 188 Å². The third-order valence-electron chi connectivity index (χ3n) is 7.25. The molecule has 0 aromatic rings. The van der Waals surface area contributed by atoms with E-state index in [-0.39, 0.29) is 41.0 Å². The zero-order valence-corrected chi connectivity index (χ0v) is 23.7. The van der Waals surface area contributed by atoms with E-state index >= 15 is 0 Å². The maximum absolute atomic E-state index is 11.8. The molecule has 0 unspecified atom stereocenters. The van der Waals surface area contributed by atoms with Crippen LogP contribution in [0, 0.1) is 11.8 Å². The highest BCUT2D eigenvalue weighted by Crippen LogP contribution is 2.40. The molecule has 0 aliphatic rings. The van der Waals surface area contributed by atoms with Gasteiger partial charge in [0, 0.05) is 18.8 Å². The lowest BCUT2D eigenvalue weighted by Crippen LogP contribution is -2.56. The van der Waals surface area contributed by atoms with Crippen LogP contribution >= 0.6 is 0 Å². The monoisotopic (exact) mass is 459 g/mol. The van der Waals surface area contributed by atoms with Gasteiger partial charge in [-0.1, -0.05) is 55.4 Å². The van der Waals surface area contributed by atoms with Crippen molar-refractivity contribution in [3.63, 3.8) is 0 Å². The van der Waals surface area contributed by atoms with Gasteiger partial charge in [-0.2, -0.15) is 0 Å². The van der Waals surface area contributed by atoms with E-state index in [1.807, 2.05) is 13.8 Å². The average molecular weight is 460 g/mol. The number of rotatable bonds is 13. The summed E-state index contributed by atoms with van der Waals surface area (Å²) in [6.45, 7) is 25.3. The molecule has 1 N–H and O–H groups in total. The van der Waals surface area contributed by atoms with E-state index in [1.54, 1.807) is 0 Å². The third-order valence-corrected chi connectivity index (χ3v) is 16.4. The maximum atomic E-state index is 11.8. The van der Waals surface area contributed by atoms with Gasteiger partial charge < -0.3 is 19.0 Å². The molecule has 1 amide bonds. The van der Waals surface area contributed by atoms with Gasteiger partial charge in [-0.15, -0.1) is 0 Å². The molecule has 5 atom stereocenters. The molecule has 0 saturated heterocycles. The Morgan fingerprint density at radius 3 is 1.77 bits per heavy atom. The van der Waals surface area contributed by atoms with Gasteiger partial charge in [0.15, 0.2) is 16.6 Å². The van der Waals surface area contributed by atoms with Crippen molar-refractivity contribution in [1.29, 1.82) is 0 Å². The number of carbonyl (C=O) groups is 2. The van der Waals surface area contributed by atoms with E-state index in [4.69, 9.17) is 8.85 Å². The topological polar surface area (TPSA) is 64.6 Å². The fraction of sp³-hybridized carbons (Fsp3) is 0.913. The molecule has 0 heterocycles. The van der Waals surface area contributed by atoms with Crippen molar-refractivity contribution in [2.45, 2.75) is 124 Å². The summed E-state index contributed by atoms with van der Waals surface area (Å²) in [5, 5.41) is 3.08. The molecule has 0 bridgehead atoms. The predicted molar refractivity (Wildman–Crippen MR) is 132 cm³/mol. The van der Waals surface area contributed by atoms with Crippen LogP contribution in [0.2, 0.25) is 36.3 Å². The van der Waals surface area contributed by atoms with Gasteiger partial charge in [-0.25, -0.2) is 0 Å². The zero-order chi connectivity index (χ0) is 23.9. The number of nitrogens with one attached hydrogen (secondary N) is 1. The summed E-state index contributed by atoms with van der Waals surface area (Å²) in [5.74, 6) is -0.330. The van der Waals surface area contributed by atoms with Gasteiger partial charge in [0.2, 0.25) is 5.91 Å². The molecule has 0 aliphatic carbocycles. The van der Waals surface area contributed by atoms with E-state index in [0.717, 1.165) is 24.4 Å². The van der Waals surface area contributed by atoms with Gasteiger partial charge in [-0.3, -0.25) is 4.79 Å². The highest BCUT2D eigenvalue weighted by atomic mass is 28.4. The van der Waals surface area contributed by atoms with Crippen LogP contribution in [0.4, 0.5) is 0 Å². The lowest BCUT2D eigenvalue weighted by molar-refractivity contribution is -0.122. The average Bonchev–Trinajstić information content (AvgIpc) is 2.65. The summed E-state index contributed by atoms with van der Waals surface area (Å²) in [6.07, 6.45) is 0.563. The number of hydrogen-bond acceptors (Lipinski definition) is 4. The molecule has 0 rings (SSSR count). The van der Waals surface area contributed by atoms with Crippen LogP contribution < -0.4 is 5.32 Å². The predicted octanol–water partition coefficient (Wildman–Crippen LogP) is 5.76. The molecule has 0 fully saturated rings. The van der Waals surface area contributed by atoms with Gasteiger partial charge >= 0.3 is 0 Å². The van der Waals surface area contributed by atoms with Gasteiger partial charge in [0.1, 0.15) is 6.29 Å². The first kappa shape index (κ1) is 29.5. The lowest BCUT2D eigenvalue weighted by atomic mass is 9.87. The molecule has 0 aliphatic heterocycles. The third kappa shape index (κ3) is 7.88. The molecule has 0 aromatic heterocycles. The Hall–Kier alpha value is -0.506. The summed E-state index contributed by atoms with van der Waals surface area (Å²) >= 11 is 0. The van der Waals surface area contributed by atoms with E-state index in [1.165, 1.54) is 6.92 Å². The number of amides is 1. The minimum atomic E-state index is -2.10. The molecule has 178 valence electrons. The van der Waals surface area contributed by atoms with Crippen LogP contribution in [0.5, 0.6) is 0 Å². The van der Waals surface area contributed by atoms with Crippen molar-refractivity contribution in [1.82, 2.24) is 5.32 Å². The van der Waals surface area contributed by atoms with E-state index in [0.29, 0.717) is 0 Å². The van der Waals surface area contributed by atoms with Crippen molar-refractivity contribution in [3.8, 4) is 0 Å². The first-order valence-electron chi connectivity index (χ1n) is 11.7. The van der Waals surface area contributed by atoms with Crippen LogP contribution in [0.15, 0.2) is 0 Å². The van der Waals surface area contributed by atoms with Crippen LogP contribution in [0.3, 0.4) is 0 Å². The quantitative estimate of drug-likeness (QED) is 0.281. The first-order chi connectivity index (χ1) is 13.6. The van der Waals surface area contributed by atoms with Crippen LogP contribution in [0.25, 0.3) is 0 Å². The molecular formula is C23H49NO4Si2. The highest BCUT2D eigenvalue weighted by Gasteiger charge is 2.45. The number of carbonyl (C=O) groups excluding carboxylic acids is 2. The van der Waals surface area contributed by atoms with E-state index in [2.05, 4.69) is 66.9 Å². The lowest BCUT2D eigenvalue weighted by Gasteiger charge is -2.46. The Morgan fingerprint density at radius 2 is 1.43 bits per heavy atom. The summed E-state index contributed by atoms with van der Waals surface area (Å²) in [6, 6.07) is 2.93. The second-order valence-corrected chi connectivity index (χ2v) is 20.0. The van der Waals surface area contributed by atoms with Crippen molar-refractivity contribution in [2.75, 3.05) is 0 Å². The Balaban J connectivity index is 6.16. The zero-order valence-electron chi connectivity index (χ0n) is 21.7. The summed E-state index contributed by atoms with van der Waals surface area (Å²) < 4.78 is 13.7. The summed E-state index contributed by atoms with van der Waals surface area (Å²) in [4.78, 5) is 23.7. The Kier molecular flexibility index (Phi) is 11.7. The molecule has 5 nitrogen and oxygen atoms in total. The van der Waals surface area contributed by atoms with Crippen molar-refractivity contribution >= 4 is 28.8 Å². The molecule has 30 heavy (non-hydrogen) atoms. The standard InChI is InChI=1S/C23H49NO4Si2/c1-13-30(14-2,15-3)28-21(17(4)16-25)18(5)22(19(6)24-20(7)26)27-29(11,12)23(8,9)10/h16-19,21-22H,13-15H2,1-12H3,(H,24,26)/t17-,18+,19-,21+,22+/m1/s1. The molecule has 0 spiro atoms. The van der Waals surface area contributed by atoms with Crippen molar-refractivity contribution in [3.05, 3.63) is 0 Å². The van der Waals surface area contributed by atoms with Gasteiger partial charge in [0.05, 0.1) is 18.2 Å². The molecule has 0 aromatic carbocycles. The van der Waals surface area contributed by atoms with Crippen molar-refractivity contribution in [2.24, 2.45) is 11.8 Å². The molecule has 0 saturated carbocycles. The largest absolute Gasteiger partial charge is 0.413 e. The highest BCUT2D eigenvalue weighted by molar-refractivity contribution is 6.74. The maximum Gasteiger partial charge on any atom is 0.217 e. The molecular weight excluding hydrogens is 410 g/mol. The van der Waals surface area contributed by atoms with Crippen LogP contribution in [0.1, 0.15) is 69.2 Å². The van der Waals surface area contributed by atoms with Gasteiger partial charge in [0.25, 0.3) is 0 Å². The van der Waals surface area contributed by atoms with Crippen LogP contribution in [-0.2, 0) is 18.4 Å². The Bertz CT molecular complexity index is 536. The number of aldehydes is 1. The van der Waals surface area contributed by atoms with Crippen LogP contribution in [-0.4, -0.2) is 47.1 Å². The molecule has 0 radical (unpaired) electrons.